The molecule has 1 aromatic rings. The zero-order valence-corrected chi connectivity index (χ0v) is 6.39. The van der Waals surface area contributed by atoms with Crippen LogP contribution in [0.15, 0.2) is 6.33 Å². The fourth-order valence-electron chi connectivity index (χ4n) is 0.599. The summed E-state index contributed by atoms with van der Waals surface area (Å²) in [6.07, 6.45) is 2.28. The van der Waals surface area contributed by atoms with E-state index in [4.69, 9.17) is 0 Å². The van der Waals surface area contributed by atoms with Crippen LogP contribution in [0.4, 0.5) is 0 Å². The number of hydrogen-bond donors (Lipinski definition) is 2. The number of nitrogens with one attached hydrogen (secondary N) is 2. The molecule has 0 aromatic carbocycles. The molecule has 58 valence electrons. The average molecular weight is 150 g/mol. The van der Waals surface area contributed by atoms with E-state index in [0.717, 1.165) is 13.0 Å². The van der Waals surface area contributed by atoms with Gasteiger partial charge in [0.15, 0.2) is 0 Å². The van der Waals surface area contributed by atoms with Gasteiger partial charge in [0.2, 0.25) is 5.82 Å². The van der Waals surface area contributed by atoms with Crippen LogP contribution in [0.3, 0.4) is 0 Å². The van der Waals surface area contributed by atoms with Gasteiger partial charge < -0.3 is 5.32 Å². The molecule has 0 fully saturated rings. The molecule has 0 radical (unpaired) electrons. The standard InChI is InChI=1S/C7H10N4/c1-8-5-3-2-4-7-9-6-10-11-7/h6,8H,3,5H2,1H3,(H,9,10,11). The van der Waals surface area contributed by atoms with E-state index in [9.17, 15) is 0 Å². The lowest BCUT2D eigenvalue weighted by atomic mass is 10.4. The third kappa shape index (κ3) is 2.83. The summed E-state index contributed by atoms with van der Waals surface area (Å²) in [5.74, 6) is 6.41. The van der Waals surface area contributed by atoms with Crippen LogP contribution in [0.5, 0.6) is 0 Å². The van der Waals surface area contributed by atoms with Gasteiger partial charge in [0.1, 0.15) is 6.33 Å². The first kappa shape index (κ1) is 7.76. The van der Waals surface area contributed by atoms with Crippen molar-refractivity contribution < 1.29 is 0 Å². The van der Waals surface area contributed by atoms with Crippen LogP contribution in [0.2, 0.25) is 0 Å². The molecule has 1 rings (SSSR count). The second kappa shape index (κ2) is 4.47. The van der Waals surface area contributed by atoms with Gasteiger partial charge in [0, 0.05) is 13.0 Å². The Bertz CT molecular complexity index is 241. The van der Waals surface area contributed by atoms with Gasteiger partial charge in [-0.25, -0.2) is 4.98 Å². The van der Waals surface area contributed by atoms with Gasteiger partial charge in [0.25, 0.3) is 0 Å². The molecule has 1 aromatic heterocycles. The first-order chi connectivity index (χ1) is 5.43. The van der Waals surface area contributed by atoms with E-state index >= 15 is 0 Å². The van der Waals surface area contributed by atoms with Gasteiger partial charge in [-0.15, -0.1) is 0 Å². The fourth-order valence-corrected chi connectivity index (χ4v) is 0.599. The molecule has 0 saturated carbocycles. The molecule has 0 atom stereocenters. The van der Waals surface area contributed by atoms with Crippen molar-refractivity contribution in [3.05, 3.63) is 12.2 Å². The molecule has 4 nitrogen and oxygen atoms in total. The van der Waals surface area contributed by atoms with Crippen LogP contribution in [-0.4, -0.2) is 28.8 Å². The number of aromatic amines is 1. The summed E-state index contributed by atoms with van der Waals surface area (Å²) in [4.78, 5) is 3.85. The number of rotatable bonds is 2. The van der Waals surface area contributed by atoms with Crippen molar-refractivity contribution in [3.8, 4) is 11.8 Å². The lowest BCUT2D eigenvalue weighted by Gasteiger charge is -1.86. The fraction of sp³-hybridized carbons (Fsp3) is 0.429. The molecule has 0 bridgehead atoms. The molecule has 0 amide bonds. The lowest BCUT2D eigenvalue weighted by molar-refractivity contribution is 0.818. The summed E-state index contributed by atoms with van der Waals surface area (Å²) in [6.45, 7) is 0.904. The molecule has 0 saturated heterocycles. The highest BCUT2D eigenvalue weighted by Crippen LogP contribution is 1.79. The molecular formula is C7H10N4. The number of H-pyrrole nitrogens is 1. The van der Waals surface area contributed by atoms with E-state index in [1.807, 2.05) is 7.05 Å². The monoisotopic (exact) mass is 150 g/mol. The van der Waals surface area contributed by atoms with Crippen LogP contribution in [0.1, 0.15) is 12.2 Å². The van der Waals surface area contributed by atoms with Crippen molar-refractivity contribution >= 4 is 0 Å². The van der Waals surface area contributed by atoms with Crippen LogP contribution < -0.4 is 5.32 Å². The smallest absolute Gasteiger partial charge is 0.200 e. The van der Waals surface area contributed by atoms with Gasteiger partial charge in [-0.3, -0.25) is 5.10 Å². The minimum atomic E-state index is 0.626. The van der Waals surface area contributed by atoms with E-state index in [1.165, 1.54) is 6.33 Å². The Morgan fingerprint density at radius 3 is 3.27 bits per heavy atom. The van der Waals surface area contributed by atoms with E-state index < -0.39 is 0 Å². The van der Waals surface area contributed by atoms with Gasteiger partial charge in [-0.05, 0) is 13.0 Å². The van der Waals surface area contributed by atoms with Crippen molar-refractivity contribution in [1.82, 2.24) is 20.5 Å². The summed E-state index contributed by atoms with van der Waals surface area (Å²) in [5, 5.41) is 9.32. The van der Waals surface area contributed by atoms with Gasteiger partial charge in [-0.1, -0.05) is 5.92 Å². The zero-order valence-electron chi connectivity index (χ0n) is 6.39. The Morgan fingerprint density at radius 1 is 1.73 bits per heavy atom. The van der Waals surface area contributed by atoms with Crippen LogP contribution in [-0.2, 0) is 0 Å². The molecular weight excluding hydrogens is 140 g/mol. The molecule has 1 heterocycles. The zero-order chi connectivity index (χ0) is 7.94. The summed E-state index contributed by atoms with van der Waals surface area (Å²) in [7, 11) is 1.90. The average Bonchev–Trinajstić information content (AvgIpc) is 2.50. The Labute approximate surface area is 65.4 Å². The SMILES string of the molecule is CNCCC#Cc1ncn[nH]1. The lowest BCUT2D eigenvalue weighted by Crippen LogP contribution is -2.05. The predicted molar refractivity (Wildman–Crippen MR) is 41.8 cm³/mol. The van der Waals surface area contributed by atoms with Crippen molar-refractivity contribution in [3.63, 3.8) is 0 Å². The van der Waals surface area contributed by atoms with Crippen molar-refractivity contribution in [2.24, 2.45) is 0 Å². The maximum Gasteiger partial charge on any atom is 0.200 e. The molecule has 2 N–H and O–H groups in total. The molecule has 4 heteroatoms. The first-order valence-corrected chi connectivity index (χ1v) is 3.42. The summed E-state index contributed by atoms with van der Waals surface area (Å²) in [5.41, 5.74) is 0. The molecule has 0 spiro atoms. The Kier molecular flexibility index (Phi) is 3.16. The highest BCUT2D eigenvalue weighted by atomic mass is 15.2. The molecule has 0 aliphatic heterocycles. The largest absolute Gasteiger partial charge is 0.319 e. The summed E-state index contributed by atoms with van der Waals surface area (Å²) >= 11 is 0. The maximum atomic E-state index is 3.85. The third-order valence-electron chi connectivity index (χ3n) is 1.12. The van der Waals surface area contributed by atoms with Gasteiger partial charge >= 0.3 is 0 Å². The minimum absolute atomic E-state index is 0.626. The van der Waals surface area contributed by atoms with E-state index in [-0.39, 0.29) is 0 Å². The van der Waals surface area contributed by atoms with Crippen molar-refractivity contribution in [1.29, 1.82) is 0 Å². The van der Waals surface area contributed by atoms with Gasteiger partial charge in [0.05, 0.1) is 0 Å². The van der Waals surface area contributed by atoms with Crippen molar-refractivity contribution in [2.45, 2.75) is 6.42 Å². The molecule has 11 heavy (non-hydrogen) atoms. The minimum Gasteiger partial charge on any atom is -0.319 e. The third-order valence-corrected chi connectivity index (χ3v) is 1.12. The number of hydrogen-bond acceptors (Lipinski definition) is 3. The van der Waals surface area contributed by atoms with Crippen LogP contribution in [0.25, 0.3) is 0 Å². The quantitative estimate of drug-likeness (QED) is 0.452. The van der Waals surface area contributed by atoms with Crippen LogP contribution in [0, 0.1) is 11.8 Å². The topological polar surface area (TPSA) is 53.6 Å². The second-order valence-electron chi connectivity index (χ2n) is 1.99. The highest BCUT2D eigenvalue weighted by Gasteiger charge is 1.83. The second-order valence-corrected chi connectivity index (χ2v) is 1.99. The normalized spacial score (nSPS) is 8.82. The van der Waals surface area contributed by atoms with E-state index in [1.54, 1.807) is 0 Å². The number of nitrogens with zero attached hydrogens (tertiary/aromatic N) is 2. The highest BCUT2D eigenvalue weighted by molar-refractivity contribution is 5.18. The molecule has 0 aliphatic carbocycles. The first-order valence-electron chi connectivity index (χ1n) is 3.42. The molecule has 0 aliphatic rings. The van der Waals surface area contributed by atoms with E-state index in [0.29, 0.717) is 5.82 Å². The Hall–Kier alpha value is -1.34. The summed E-state index contributed by atoms with van der Waals surface area (Å²) < 4.78 is 0. The van der Waals surface area contributed by atoms with Crippen molar-refractivity contribution in [2.75, 3.05) is 13.6 Å². The predicted octanol–water partition coefficient (Wildman–Crippen LogP) is -0.234. The van der Waals surface area contributed by atoms with Gasteiger partial charge in [-0.2, -0.15) is 5.10 Å². The van der Waals surface area contributed by atoms with Crippen LogP contribution >= 0.6 is 0 Å². The number of aromatic nitrogens is 3. The molecule has 0 unspecified atom stereocenters. The Balaban J connectivity index is 2.33. The van der Waals surface area contributed by atoms with E-state index in [2.05, 4.69) is 32.3 Å². The Morgan fingerprint density at radius 2 is 2.64 bits per heavy atom. The summed E-state index contributed by atoms with van der Waals surface area (Å²) in [6, 6.07) is 0. The maximum absolute atomic E-state index is 3.85.